The van der Waals surface area contributed by atoms with E-state index in [1.54, 1.807) is 7.11 Å². The van der Waals surface area contributed by atoms with Gasteiger partial charge in [-0.15, -0.1) is 0 Å². The van der Waals surface area contributed by atoms with Crippen LogP contribution in [0.2, 0.25) is 0 Å². The van der Waals surface area contributed by atoms with Gasteiger partial charge in [0.25, 0.3) is 0 Å². The lowest BCUT2D eigenvalue weighted by Gasteiger charge is -2.22. The van der Waals surface area contributed by atoms with E-state index in [1.165, 1.54) is 19.3 Å². The van der Waals surface area contributed by atoms with Crippen molar-refractivity contribution in [3.8, 4) is 0 Å². The van der Waals surface area contributed by atoms with Crippen LogP contribution in [0.5, 0.6) is 0 Å². The molecule has 78 valence electrons. The Morgan fingerprint density at radius 2 is 2.07 bits per heavy atom. The third-order valence-corrected chi connectivity index (χ3v) is 3.43. The molecule has 0 aromatic carbocycles. The van der Waals surface area contributed by atoms with Crippen molar-refractivity contribution in [2.75, 3.05) is 7.11 Å². The molecule has 0 aliphatic heterocycles. The molecular formula is C12H18O2. The Morgan fingerprint density at radius 1 is 1.29 bits per heavy atom. The van der Waals surface area contributed by atoms with Gasteiger partial charge in [-0.1, -0.05) is 0 Å². The van der Waals surface area contributed by atoms with Crippen molar-refractivity contribution < 1.29 is 9.53 Å². The van der Waals surface area contributed by atoms with Crippen LogP contribution < -0.4 is 0 Å². The molecule has 1 saturated carbocycles. The Morgan fingerprint density at radius 3 is 2.86 bits per heavy atom. The summed E-state index contributed by atoms with van der Waals surface area (Å²) in [4.78, 5) is 11.7. The highest BCUT2D eigenvalue weighted by atomic mass is 16.5. The molecule has 2 atom stereocenters. The average Bonchev–Trinajstić information content (AvgIpc) is 2.40. The fourth-order valence-corrected chi connectivity index (χ4v) is 2.60. The van der Waals surface area contributed by atoms with Crippen LogP contribution in [0, 0.1) is 5.92 Å². The second-order valence-electron chi connectivity index (χ2n) is 4.34. The molecule has 2 nitrogen and oxygen atoms in total. The maximum Gasteiger partial charge on any atom is 0.158 e. The van der Waals surface area contributed by atoms with Crippen LogP contribution in [0.4, 0.5) is 0 Å². The minimum Gasteiger partial charge on any atom is -0.377 e. The maximum atomic E-state index is 11.7. The topological polar surface area (TPSA) is 26.3 Å². The van der Waals surface area contributed by atoms with Crippen LogP contribution in [0.15, 0.2) is 11.6 Å². The first-order valence-corrected chi connectivity index (χ1v) is 5.59. The van der Waals surface area contributed by atoms with Crippen molar-refractivity contribution in [1.29, 1.82) is 0 Å². The Labute approximate surface area is 85.3 Å². The fraction of sp³-hybridized carbons (Fsp3) is 0.750. The smallest absolute Gasteiger partial charge is 0.158 e. The molecule has 2 unspecified atom stereocenters. The lowest BCUT2D eigenvalue weighted by Crippen LogP contribution is -2.19. The number of hydrogen-bond acceptors (Lipinski definition) is 2. The Kier molecular flexibility index (Phi) is 3.02. The number of carbonyl (C=O) groups excluding carboxylic acids is 1. The van der Waals surface area contributed by atoms with Crippen LogP contribution in [0.25, 0.3) is 0 Å². The van der Waals surface area contributed by atoms with E-state index < -0.39 is 0 Å². The van der Waals surface area contributed by atoms with Crippen LogP contribution in [-0.2, 0) is 9.53 Å². The first kappa shape index (κ1) is 9.91. The summed E-state index contributed by atoms with van der Waals surface area (Å²) in [5.74, 6) is 0.904. The molecule has 0 aromatic heterocycles. The molecule has 0 radical (unpaired) electrons. The van der Waals surface area contributed by atoms with Gasteiger partial charge in [0, 0.05) is 13.5 Å². The number of hydrogen-bond donors (Lipinski definition) is 0. The monoisotopic (exact) mass is 194 g/mol. The highest BCUT2D eigenvalue weighted by Gasteiger charge is 2.28. The van der Waals surface area contributed by atoms with Gasteiger partial charge in [-0.2, -0.15) is 0 Å². The summed E-state index contributed by atoms with van der Waals surface area (Å²) in [5.41, 5.74) is 1.07. The lowest BCUT2D eigenvalue weighted by molar-refractivity contribution is -0.117. The molecule has 1 fully saturated rings. The van der Waals surface area contributed by atoms with E-state index in [1.807, 2.05) is 0 Å². The normalized spacial score (nSPS) is 33.2. The van der Waals surface area contributed by atoms with Gasteiger partial charge in [-0.3, -0.25) is 4.79 Å². The zero-order valence-electron chi connectivity index (χ0n) is 8.79. The van der Waals surface area contributed by atoms with Gasteiger partial charge < -0.3 is 4.74 Å². The van der Waals surface area contributed by atoms with E-state index in [9.17, 15) is 4.79 Å². The Bertz CT molecular complexity index is 255. The minimum atomic E-state index is 0.178. The molecule has 0 amide bonds. The van der Waals surface area contributed by atoms with E-state index in [-0.39, 0.29) is 6.10 Å². The maximum absolute atomic E-state index is 11.7. The van der Waals surface area contributed by atoms with Crippen molar-refractivity contribution in [2.45, 2.75) is 44.6 Å². The minimum absolute atomic E-state index is 0.178. The van der Waals surface area contributed by atoms with Gasteiger partial charge in [0.1, 0.15) is 0 Å². The van der Waals surface area contributed by atoms with E-state index >= 15 is 0 Å². The standard InChI is InChI=1S/C12H18O2/c1-14-10-6-2-4-9-5-3-7-12(13)11(9)8-10/h8-10H,2-7H2,1H3. The van der Waals surface area contributed by atoms with Crippen LogP contribution in [0.3, 0.4) is 0 Å². The fourth-order valence-electron chi connectivity index (χ4n) is 2.60. The van der Waals surface area contributed by atoms with Gasteiger partial charge in [-0.05, 0) is 49.7 Å². The molecule has 0 saturated heterocycles. The molecule has 2 aliphatic rings. The highest BCUT2D eigenvalue weighted by molar-refractivity contribution is 5.96. The van der Waals surface area contributed by atoms with Crippen molar-refractivity contribution in [3.63, 3.8) is 0 Å². The molecule has 0 spiro atoms. The molecule has 2 aliphatic carbocycles. The first-order valence-electron chi connectivity index (χ1n) is 5.59. The van der Waals surface area contributed by atoms with Crippen molar-refractivity contribution in [2.24, 2.45) is 5.92 Å². The van der Waals surface area contributed by atoms with Crippen LogP contribution in [-0.4, -0.2) is 19.0 Å². The highest BCUT2D eigenvalue weighted by Crippen LogP contribution is 2.34. The Balaban J connectivity index is 2.20. The predicted molar refractivity (Wildman–Crippen MR) is 55.1 cm³/mol. The molecule has 0 heterocycles. The van der Waals surface area contributed by atoms with Crippen LogP contribution >= 0.6 is 0 Å². The summed E-state index contributed by atoms with van der Waals surface area (Å²) in [6, 6.07) is 0. The molecule has 0 aromatic rings. The summed E-state index contributed by atoms with van der Waals surface area (Å²) in [7, 11) is 1.73. The third kappa shape index (κ3) is 1.90. The number of Topliss-reactive ketones (excluding diaryl/α,β-unsaturated/α-hetero) is 1. The molecule has 2 rings (SSSR count). The van der Waals surface area contributed by atoms with Crippen LogP contribution in [0.1, 0.15) is 38.5 Å². The number of rotatable bonds is 1. The quantitative estimate of drug-likeness (QED) is 0.641. The summed E-state index contributed by atoms with van der Waals surface area (Å²) in [6.45, 7) is 0. The largest absolute Gasteiger partial charge is 0.377 e. The van der Waals surface area contributed by atoms with E-state index in [2.05, 4.69) is 6.08 Å². The van der Waals surface area contributed by atoms with Crippen molar-refractivity contribution in [1.82, 2.24) is 0 Å². The summed E-state index contributed by atoms with van der Waals surface area (Å²) < 4.78 is 5.34. The van der Waals surface area contributed by atoms with Gasteiger partial charge in [0.15, 0.2) is 5.78 Å². The molecule has 0 bridgehead atoms. The first-order chi connectivity index (χ1) is 6.81. The zero-order valence-corrected chi connectivity index (χ0v) is 8.79. The molecule has 0 N–H and O–H groups in total. The number of ether oxygens (including phenoxy) is 1. The second-order valence-corrected chi connectivity index (χ2v) is 4.34. The Hall–Kier alpha value is -0.630. The average molecular weight is 194 g/mol. The number of fused-ring (bicyclic) bond motifs is 1. The number of ketones is 1. The zero-order chi connectivity index (χ0) is 9.97. The van der Waals surface area contributed by atoms with Gasteiger partial charge >= 0.3 is 0 Å². The van der Waals surface area contributed by atoms with Gasteiger partial charge in [0.2, 0.25) is 0 Å². The van der Waals surface area contributed by atoms with Crippen molar-refractivity contribution >= 4 is 5.78 Å². The SMILES string of the molecule is COC1C=C2C(=O)CCCC2CCC1. The van der Waals surface area contributed by atoms with E-state index in [4.69, 9.17) is 4.74 Å². The predicted octanol–water partition coefficient (Wildman–Crippen LogP) is 2.48. The van der Waals surface area contributed by atoms with E-state index in [0.717, 1.165) is 24.8 Å². The van der Waals surface area contributed by atoms with E-state index in [0.29, 0.717) is 11.7 Å². The third-order valence-electron chi connectivity index (χ3n) is 3.43. The number of carbonyl (C=O) groups is 1. The summed E-state index contributed by atoms with van der Waals surface area (Å²) in [5, 5.41) is 0. The molecular weight excluding hydrogens is 176 g/mol. The molecule has 14 heavy (non-hydrogen) atoms. The van der Waals surface area contributed by atoms with Gasteiger partial charge in [0.05, 0.1) is 6.10 Å². The lowest BCUT2D eigenvalue weighted by atomic mass is 9.81. The number of allylic oxidation sites excluding steroid dienone is 1. The number of methoxy groups -OCH3 is 1. The second kappa shape index (κ2) is 4.26. The summed E-state index contributed by atoms with van der Waals surface area (Å²) in [6.07, 6.45) is 8.74. The van der Waals surface area contributed by atoms with Gasteiger partial charge in [-0.25, -0.2) is 0 Å². The summed E-state index contributed by atoms with van der Waals surface area (Å²) >= 11 is 0. The molecule has 2 heteroatoms. The van der Waals surface area contributed by atoms with Crippen molar-refractivity contribution in [3.05, 3.63) is 11.6 Å².